The molecule has 1 saturated heterocycles. The van der Waals surface area contributed by atoms with Gasteiger partial charge in [0.05, 0.1) is 6.61 Å². The van der Waals surface area contributed by atoms with Crippen LogP contribution in [0, 0.1) is 0 Å². The monoisotopic (exact) mass is 371 g/mol. The molecule has 2 aromatic rings. The minimum absolute atomic E-state index is 0. The third-order valence-corrected chi connectivity index (χ3v) is 6.24. The normalized spacial score (nSPS) is 19.2. The first-order chi connectivity index (χ1) is 10.7. The second-order valence-electron chi connectivity index (χ2n) is 5.97. The highest BCUT2D eigenvalue weighted by Gasteiger charge is 2.40. The van der Waals surface area contributed by atoms with Crippen molar-refractivity contribution in [1.29, 1.82) is 0 Å². The zero-order valence-electron chi connectivity index (χ0n) is 12.6. The topological polar surface area (TPSA) is 41.5 Å². The number of piperidine rings is 1. The number of hydrogen-bond acceptors (Lipinski definition) is 4. The Labute approximate surface area is 151 Å². The van der Waals surface area contributed by atoms with Crippen LogP contribution in [0.5, 0.6) is 5.75 Å². The Morgan fingerprint density at radius 1 is 1.22 bits per heavy atom. The summed E-state index contributed by atoms with van der Waals surface area (Å²) in [6.45, 7) is 2.77. The number of ether oxygens (including phenoxy) is 1. The predicted octanol–water partition coefficient (Wildman–Crippen LogP) is 4.35. The van der Waals surface area contributed by atoms with Crippen molar-refractivity contribution in [2.45, 2.75) is 24.9 Å². The molecule has 0 radical (unpaired) electrons. The molecule has 0 amide bonds. The minimum atomic E-state index is -0.129. The molecule has 0 unspecified atom stereocenters. The summed E-state index contributed by atoms with van der Waals surface area (Å²) in [6, 6.07) is 7.42. The standard InChI is InChI=1S/C17H18ClNO2S.ClH/c18-12-1-2-14(20)13(10-12)15-9-11-3-8-21-17(16(11)22-15)4-6-19-7-5-17;/h1-2,9-10,19-20H,3-8H2;1H. The van der Waals surface area contributed by atoms with Gasteiger partial charge in [0.25, 0.3) is 0 Å². The van der Waals surface area contributed by atoms with E-state index in [0.29, 0.717) is 5.02 Å². The van der Waals surface area contributed by atoms with Gasteiger partial charge in [0.1, 0.15) is 11.4 Å². The van der Waals surface area contributed by atoms with E-state index < -0.39 is 0 Å². The van der Waals surface area contributed by atoms with Gasteiger partial charge in [-0.05, 0) is 62.2 Å². The molecule has 23 heavy (non-hydrogen) atoms. The number of thiophene rings is 1. The highest BCUT2D eigenvalue weighted by atomic mass is 35.5. The van der Waals surface area contributed by atoms with E-state index in [9.17, 15) is 5.11 Å². The summed E-state index contributed by atoms with van der Waals surface area (Å²) in [4.78, 5) is 2.42. The molecule has 4 rings (SSSR count). The summed E-state index contributed by atoms with van der Waals surface area (Å²) in [6.07, 6.45) is 2.98. The van der Waals surface area contributed by atoms with Crippen molar-refractivity contribution in [2.24, 2.45) is 0 Å². The average Bonchev–Trinajstić information content (AvgIpc) is 2.96. The molecule has 0 bridgehead atoms. The van der Waals surface area contributed by atoms with Gasteiger partial charge in [-0.3, -0.25) is 0 Å². The third-order valence-electron chi connectivity index (χ3n) is 4.61. The number of rotatable bonds is 1. The molecule has 3 nitrogen and oxygen atoms in total. The Kier molecular flexibility index (Phi) is 4.90. The summed E-state index contributed by atoms with van der Waals surface area (Å²) in [7, 11) is 0. The molecule has 124 valence electrons. The van der Waals surface area contributed by atoms with Crippen LogP contribution in [0.3, 0.4) is 0 Å². The van der Waals surface area contributed by atoms with Crippen LogP contribution in [0.4, 0.5) is 0 Å². The second kappa shape index (κ2) is 6.61. The van der Waals surface area contributed by atoms with E-state index in [0.717, 1.165) is 49.4 Å². The first-order valence-electron chi connectivity index (χ1n) is 7.65. The molecular formula is C17H19Cl2NO2S. The fourth-order valence-corrected chi connectivity index (χ4v) is 5.07. The van der Waals surface area contributed by atoms with Gasteiger partial charge >= 0.3 is 0 Å². The molecule has 1 spiro atoms. The van der Waals surface area contributed by atoms with Crippen LogP contribution >= 0.6 is 35.3 Å². The lowest BCUT2D eigenvalue weighted by Crippen LogP contribution is -2.43. The Morgan fingerprint density at radius 3 is 2.78 bits per heavy atom. The lowest BCUT2D eigenvalue weighted by atomic mass is 9.86. The van der Waals surface area contributed by atoms with Crippen molar-refractivity contribution < 1.29 is 9.84 Å². The fraction of sp³-hybridized carbons (Fsp3) is 0.412. The molecule has 2 aliphatic heterocycles. The predicted molar refractivity (Wildman–Crippen MR) is 97.1 cm³/mol. The van der Waals surface area contributed by atoms with Crippen LogP contribution in [0.25, 0.3) is 10.4 Å². The lowest BCUT2D eigenvalue weighted by Gasteiger charge is -2.40. The minimum Gasteiger partial charge on any atom is -0.507 e. The summed E-state index contributed by atoms with van der Waals surface area (Å²) in [5.41, 5.74) is 2.05. The van der Waals surface area contributed by atoms with Crippen LogP contribution in [-0.4, -0.2) is 24.8 Å². The number of phenolic OH excluding ortho intramolecular Hbond substituents is 1. The molecular weight excluding hydrogens is 353 g/mol. The molecule has 0 aliphatic carbocycles. The summed E-state index contributed by atoms with van der Waals surface area (Å²) < 4.78 is 6.22. The van der Waals surface area contributed by atoms with E-state index in [-0.39, 0.29) is 23.8 Å². The smallest absolute Gasteiger partial charge is 0.124 e. The SMILES string of the molecule is Cl.Oc1ccc(Cl)cc1-c1cc2c(s1)C1(CCNCC1)OCC2. The average molecular weight is 372 g/mol. The lowest BCUT2D eigenvalue weighted by molar-refractivity contribution is -0.0771. The van der Waals surface area contributed by atoms with Gasteiger partial charge in [-0.2, -0.15) is 0 Å². The van der Waals surface area contributed by atoms with E-state index in [4.69, 9.17) is 16.3 Å². The van der Waals surface area contributed by atoms with E-state index >= 15 is 0 Å². The summed E-state index contributed by atoms with van der Waals surface area (Å²) >= 11 is 7.84. The Morgan fingerprint density at radius 2 is 2.00 bits per heavy atom. The molecule has 1 aromatic heterocycles. The van der Waals surface area contributed by atoms with Crippen molar-refractivity contribution in [1.82, 2.24) is 5.32 Å². The number of halogens is 2. The summed E-state index contributed by atoms with van der Waals surface area (Å²) in [5, 5.41) is 14.2. The van der Waals surface area contributed by atoms with E-state index in [2.05, 4.69) is 11.4 Å². The fourth-order valence-electron chi connectivity index (χ4n) is 3.46. The highest BCUT2D eigenvalue weighted by Crippen LogP contribution is 2.48. The van der Waals surface area contributed by atoms with Crippen molar-refractivity contribution in [3.63, 3.8) is 0 Å². The molecule has 2 N–H and O–H groups in total. The van der Waals surface area contributed by atoms with Gasteiger partial charge in [-0.15, -0.1) is 23.7 Å². The quantitative estimate of drug-likeness (QED) is 0.782. The molecule has 6 heteroatoms. The van der Waals surface area contributed by atoms with Crippen LogP contribution in [0.1, 0.15) is 23.3 Å². The highest BCUT2D eigenvalue weighted by molar-refractivity contribution is 7.15. The van der Waals surface area contributed by atoms with Crippen molar-refractivity contribution in [3.8, 4) is 16.2 Å². The zero-order valence-corrected chi connectivity index (χ0v) is 15.0. The van der Waals surface area contributed by atoms with Crippen LogP contribution in [0.2, 0.25) is 5.02 Å². The molecule has 1 aromatic carbocycles. The number of nitrogens with one attached hydrogen (secondary N) is 1. The van der Waals surface area contributed by atoms with Gasteiger partial charge in [0.2, 0.25) is 0 Å². The number of fused-ring (bicyclic) bond motifs is 2. The van der Waals surface area contributed by atoms with Gasteiger partial charge in [-0.25, -0.2) is 0 Å². The van der Waals surface area contributed by atoms with E-state index in [1.165, 1.54) is 10.4 Å². The van der Waals surface area contributed by atoms with Gasteiger partial charge in [-0.1, -0.05) is 11.6 Å². The maximum absolute atomic E-state index is 10.2. The Hall–Kier alpha value is -0.780. The zero-order chi connectivity index (χ0) is 15.2. The molecule has 3 heterocycles. The van der Waals surface area contributed by atoms with Crippen molar-refractivity contribution in [2.75, 3.05) is 19.7 Å². The number of hydrogen-bond donors (Lipinski definition) is 2. The summed E-state index contributed by atoms with van der Waals surface area (Å²) in [5.74, 6) is 0.281. The van der Waals surface area contributed by atoms with Crippen LogP contribution in [0.15, 0.2) is 24.3 Å². The van der Waals surface area contributed by atoms with Gasteiger partial charge < -0.3 is 15.2 Å². The molecule has 2 aliphatic rings. The first kappa shape index (κ1) is 17.1. The van der Waals surface area contributed by atoms with Crippen LogP contribution < -0.4 is 5.32 Å². The van der Waals surface area contributed by atoms with Gasteiger partial charge in [0, 0.05) is 20.3 Å². The largest absolute Gasteiger partial charge is 0.507 e. The molecule has 1 fully saturated rings. The van der Waals surface area contributed by atoms with E-state index in [1.54, 1.807) is 23.5 Å². The number of phenols is 1. The number of benzene rings is 1. The van der Waals surface area contributed by atoms with Gasteiger partial charge in [0.15, 0.2) is 0 Å². The molecule has 0 atom stereocenters. The maximum Gasteiger partial charge on any atom is 0.124 e. The first-order valence-corrected chi connectivity index (χ1v) is 8.84. The Bertz CT molecular complexity index is 711. The van der Waals surface area contributed by atoms with Crippen molar-refractivity contribution in [3.05, 3.63) is 39.7 Å². The maximum atomic E-state index is 10.2. The third kappa shape index (κ3) is 2.99. The number of aromatic hydroxyl groups is 1. The van der Waals surface area contributed by atoms with Crippen molar-refractivity contribution >= 4 is 35.3 Å². The second-order valence-corrected chi connectivity index (χ2v) is 7.46. The van der Waals surface area contributed by atoms with E-state index in [1.807, 2.05) is 6.07 Å². The molecule has 0 saturated carbocycles. The van der Waals surface area contributed by atoms with Crippen LogP contribution in [-0.2, 0) is 16.8 Å². The Balaban J connectivity index is 0.00000156.